The fourth-order valence-electron chi connectivity index (χ4n) is 2.88. The van der Waals surface area contributed by atoms with Gasteiger partial charge in [-0.1, -0.05) is 6.92 Å². The van der Waals surface area contributed by atoms with Crippen molar-refractivity contribution in [2.24, 2.45) is 0 Å². The third-order valence-corrected chi connectivity index (χ3v) is 7.47. The maximum absolute atomic E-state index is 6.08. The maximum atomic E-state index is 6.08. The van der Waals surface area contributed by atoms with Crippen molar-refractivity contribution in [3.8, 4) is 0 Å². The fraction of sp³-hybridized carbons (Fsp3) is 1.00. The first-order valence-electron chi connectivity index (χ1n) is 7.97. The van der Waals surface area contributed by atoms with Gasteiger partial charge in [-0.05, 0) is 34.2 Å². The Kier molecular flexibility index (Phi) is 8.24. The molecule has 1 heterocycles. The second-order valence-corrected chi connectivity index (χ2v) is 7.91. The molecule has 5 nitrogen and oxygen atoms in total. The first-order chi connectivity index (χ1) is 9.63. The molecule has 1 aliphatic heterocycles. The van der Waals surface area contributed by atoms with Gasteiger partial charge in [0, 0.05) is 46.0 Å². The Hall–Kier alpha value is 0.0169. The molecule has 0 radical (unpaired) electrons. The van der Waals surface area contributed by atoms with Crippen LogP contribution in [-0.2, 0) is 13.3 Å². The number of hydrogen-bond donors (Lipinski definition) is 0. The zero-order valence-electron chi connectivity index (χ0n) is 13.9. The number of likely N-dealkylation sites (N-methyl/N-ethyl adjacent to an activating group) is 1. The zero-order valence-corrected chi connectivity index (χ0v) is 14.9. The molecule has 0 saturated carbocycles. The van der Waals surface area contributed by atoms with E-state index in [1.165, 1.54) is 0 Å². The van der Waals surface area contributed by atoms with E-state index in [1.54, 1.807) is 0 Å². The van der Waals surface area contributed by atoms with E-state index in [-0.39, 0.29) is 5.67 Å². The van der Waals surface area contributed by atoms with E-state index >= 15 is 0 Å². The van der Waals surface area contributed by atoms with E-state index in [0.717, 1.165) is 32.6 Å². The van der Waals surface area contributed by atoms with Crippen LogP contribution in [0.25, 0.3) is 0 Å². The van der Waals surface area contributed by atoms with Gasteiger partial charge in [-0.25, -0.2) is 0 Å². The Bertz CT molecular complexity index is 244. The standard InChI is InChI=1S/C14H32N2O3Si/c1-6-14(16-12-10-15(5)11-13-16)20(17-7-2,18-8-3)19-9-4/h14H,6-13H2,1-5H3. The van der Waals surface area contributed by atoms with E-state index < -0.39 is 8.80 Å². The van der Waals surface area contributed by atoms with Gasteiger partial charge in [0.15, 0.2) is 0 Å². The van der Waals surface area contributed by atoms with Gasteiger partial charge >= 0.3 is 8.80 Å². The molecule has 6 heteroatoms. The van der Waals surface area contributed by atoms with E-state index in [1.807, 2.05) is 20.8 Å². The molecular formula is C14H32N2O3Si. The second kappa shape index (κ2) is 9.12. The summed E-state index contributed by atoms with van der Waals surface area (Å²) in [6.45, 7) is 14.6. The zero-order chi connectivity index (χ0) is 15.0. The van der Waals surface area contributed by atoms with E-state index in [2.05, 4.69) is 23.8 Å². The molecule has 1 rings (SSSR count). The highest BCUT2D eigenvalue weighted by Crippen LogP contribution is 2.23. The van der Waals surface area contributed by atoms with Crippen molar-refractivity contribution < 1.29 is 13.3 Å². The lowest BCUT2D eigenvalue weighted by atomic mass is 10.3. The third kappa shape index (κ3) is 4.51. The molecule has 0 aliphatic carbocycles. The molecule has 1 atom stereocenters. The second-order valence-electron chi connectivity index (χ2n) is 5.17. The molecule has 1 unspecified atom stereocenters. The van der Waals surface area contributed by atoms with Crippen molar-refractivity contribution in [1.29, 1.82) is 0 Å². The van der Waals surface area contributed by atoms with Crippen LogP contribution in [0.2, 0.25) is 0 Å². The Labute approximate surface area is 125 Å². The highest BCUT2D eigenvalue weighted by atomic mass is 28.4. The summed E-state index contributed by atoms with van der Waals surface area (Å²) in [6.07, 6.45) is 1.01. The van der Waals surface area contributed by atoms with Crippen molar-refractivity contribution in [2.45, 2.75) is 39.8 Å². The average molecular weight is 305 g/mol. The first kappa shape index (κ1) is 18.1. The lowest BCUT2D eigenvalue weighted by molar-refractivity contribution is 0.0230. The topological polar surface area (TPSA) is 34.2 Å². The molecule has 0 spiro atoms. The van der Waals surface area contributed by atoms with Gasteiger partial charge in [0.05, 0.1) is 5.67 Å². The van der Waals surface area contributed by atoms with Gasteiger partial charge in [-0.2, -0.15) is 0 Å². The van der Waals surface area contributed by atoms with Crippen LogP contribution < -0.4 is 0 Å². The Balaban J connectivity index is 2.87. The van der Waals surface area contributed by atoms with Crippen molar-refractivity contribution >= 4 is 8.80 Å². The van der Waals surface area contributed by atoms with Crippen molar-refractivity contribution in [2.75, 3.05) is 53.0 Å². The Morgan fingerprint density at radius 3 is 1.65 bits per heavy atom. The minimum absolute atomic E-state index is 0.274. The first-order valence-corrected chi connectivity index (χ1v) is 9.78. The fourth-order valence-corrected chi connectivity index (χ4v) is 6.12. The van der Waals surface area contributed by atoms with Crippen molar-refractivity contribution in [1.82, 2.24) is 9.80 Å². The minimum Gasteiger partial charge on any atom is -0.373 e. The molecule has 20 heavy (non-hydrogen) atoms. The monoisotopic (exact) mass is 304 g/mol. The Morgan fingerprint density at radius 2 is 1.30 bits per heavy atom. The largest absolute Gasteiger partial charge is 0.519 e. The van der Waals surface area contributed by atoms with E-state index in [0.29, 0.717) is 19.8 Å². The SMILES string of the molecule is CCO[Si](OCC)(OCC)C(CC)N1CCN(C)CC1. The number of rotatable bonds is 9. The predicted molar refractivity (Wildman–Crippen MR) is 83.8 cm³/mol. The smallest absolute Gasteiger partial charge is 0.373 e. The van der Waals surface area contributed by atoms with Crippen LogP contribution in [0.5, 0.6) is 0 Å². The van der Waals surface area contributed by atoms with Crippen LogP contribution >= 0.6 is 0 Å². The number of hydrogen-bond acceptors (Lipinski definition) is 5. The summed E-state index contributed by atoms with van der Waals surface area (Å²) in [6, 6.07) is 0. The summed E-state index contributed by atoms with van der Waals surface area (Å²) in [7, 11) is -0.450. The highest BCUT2D eigenvalue weighted by Gasteiger charge is 2.51. The molecule has 1 saturated heterocycles. The van der Waals surface area contributed by atoms with Gasteiger partial charge in [0.2, 0.25) is 0 Å². The van der Waals surface area contributed by atoms with E-state index in [9.17, 15) is 0 Å². The lowest BCUT2D eigenvalue weighted by Crippen LogP contribution is -2.65. The highest BCUT2D eigenvalue weighted by molar-refractivity contribution is 6.62. The van der Waals surface area contributed by atoms with Crippen LogP contribution in [0.15, 0.2) is 0 Å². The molecule has 1 aliphatic rings. The van der Waals surface area contributed by atoms with E-state index in [4.69, 9.17) is 13.3 Å². The van der Waals surface area contributed by atoms with Gasteiger partial charge in [0.25, 0.3) is 0 Å². The molecule has 1 fully saturated rings. The Morgan fingerprint density at radius 1 is 0.850 bits per heavy atom. The van der Waals surface area contributed by atoms with Crippen molar-refractivity contribution in [3.05, 3.63) is 0 Å². The molecule has 0 bridgehead atoms. The maximum Gasteiger partial charge on any atom is 0.519 e. The van der Waals surface area contributed by atoms with Crippen LogP contribution in [0, 0.1) is 0 Å². The summed E-state index contributed by atoms with van der Waals surface area (Å²) >= 11 is 0. The minimum atomic E-state index is -2.63. The molecule has 0 N–H and O–H groups in total. The molecule has 120 valence electrons. The number of piperazine rings is 1. The van der Waals surface area contributed by atoms with Crippen LogP contribution in [0.4, 0.5) is 0 Å². The average Bonchev–Trinajstić information content (AvgIpc) is 2.42. The van der Waals surface area contributed by atoms with Crippen LogP contribution in [0.3, 0.4) is 0 Å². The van der Waals surface area contributed by atoms with Gasteiger partial charge in [-0.15, -0.1) is 0 Å². The summed E-state index contributed by atoms with van der Waals surface area (Å²) in [5, 5.41) is 0. The normalized spacial score (nSPS) is 20.2. The molecule has 0 aromatic heterocycles. The van der Waals surface area contributed by atoms with Crippen molar-refractivity contribution in [3.63, 3.8) is 0 Å². The summed E-state index contributed by atoms with van der Waals surface area (Å²) in [4.78, 5) is 4.88. The molecular weight excluding hydrogens is 272 g/mol. The van der Waals surface area contributed by atoms with Crippen LogP contribution in [-0.4, -0.2) is 77.3 Å². The quantitative estimate of drug-likeness (QED) is 0.605. The molecule has 0 aromatic carbocycles. The van der Waals surface area contributed by atoms with Gasteiger partial charge < -0.3 is 18.2 Å². The summed E-state index contributed by atoms with van der Waals surface area (Å²) in [5.74, 6) is 0. The van der Waals surface area contributed by atoms with Crippen LogP contribution in [0.1, 0.15) is 34.1 Å². The molecule has 0 amide bonds. The number of nitrogens with zero attached hydrogens (tertiary/aromatic N) is 2. The summed E-state index contributed by atoms with van der Waals surface area (Å²) < 4.78 is 18.2. The molecule has 0 aromatic rings. The lowest BCUT2D eigenvalue weighted by Gasteiger charge is -2.43. The summed E-state index contributed by atoms with van der Waals surface area (Å²) in [5.41, 5.74) is 0.274. The third-order valence-electron chi connectivity index (χ3n) is 3.81. The predicted octanol–water partition coefficient (Wildman–Crippen LogP) is 1.60. The van der Waals surface area contributed by atoms with Gasteiger partial charge in [-0.3, -0.25) is 4.90 Å². The van der Waals surface area contributed by atoms with Gasteiger partial charge in [0.1, 0.15) is 0 Å².